The quantitative estimate of drug-likeness (QED) is 0.749. The van der Waals surface area contributed by atoms with Gasteiger partial charge in [0.15, 0.2) is 0 Å². The Morgan fingerprint density at radius 2 is 2.28 bits per heavy atom. The van der Waals surface area contributed by atoms with E-state index in [1.54, 1.807) is 6.20 Å². The number of unbranched alkanes of at least 4 members (excludes halogenated alkanes) is 1. The zero-order chi connectivity index (χ0) is 17.8. The third-order valence-corrected chi connectivity index (χ3v) is 4.65. The molecule has 25 heavy (non-hydrogen) atoms. The first-order valence-corrected chi connectivity index (χ1v) is 8.92. The summed E-state index contributed by atoms with van der Waals surface area (Å²) in [7, 11) is 2.15. The molecule has 0 aliphatic carbocycles. The Hall–Kier alpha value is -2.12. The number of hydrogen-bond acceptors (Lipinski definition) is 5. The molecule has 2 aromatic rings. The van der Waals surface area contributed by atoms with Crippen molar-refractivity contribution >= 4 is 22.6 Å². The van der Waals surface area contributed by atoms with Crippen LogP contribution < -0.4 is 15.9 Å². The molecule has 136 valence electrons. The van der Waals surface area contributed by atoms with Gasteiger partial charge in [-0.15, -0.1) is 0 Å². The van der Waals surface area contributed by atoms with Crippen LogP contribution in [-0.2, 0) is 4.79 Å². The Bertz CT molecular complexity index is 742. The van der Waals surface area contributed by atoms with E-state index < -0.39 is 0 Å². The molecule has 1 saturated heterocycles. The highest BCUT2D eigenvalue weighted by Crippen LogP contribution is 2.34. The van der Waals surface area contributed by atoms with Crippen LogP contribution in [0.2, 0.25) is 0 Å². The molecule has 2 aromatic heterocycles. The average Bonchev–Trinajstić information content (AvgIpc) is 3.14. The van der Waals surface area contributed by atoms with Gasteiger partial charge in [0.25, 0.3) is 0 Å². The lowest BCUT2D eigenvalue weighted by Crippen LogP contribution is -2.24. The molecule has 1 aliphatic rings. The summed E-state index contributed by atoms with van der Waals surface area (Å²) >= 11 is 0. The maximum absolute atomic E-state index is 11.3. The molecule has 3 rings (SSSR count). The molecule has 0 unspecified atom stereocenters. The number of fused-ring (bicyclic) bond motifs is 1. The molecular weight excluding hydrogens is 318 g/mol. The molecule has 0 bridgehead atoms. The van der Waals surface area contributed by atoms with Crippen molar-refractivity contribution in [3.05, 3.63) is 24.0 Å². The Kier molecular flexibility index (Phi) is 5.55. The number of aromatic nitrogens is 2. The zero-order valence-electron chi connectivity index (χ0n) is 15.0. The summed E-state index contributed by atoms with van der Waals surface area (Å²) in [5, 5.41) is 3.76. The molecule has 1 aliphatic heterocycles. The highest BCUT2D eigenvalue weighted by molar-refractivity contribution is 5.90. The third-order valence-electron chi connectivity index (χ3n) is 4.65. The molecule has 0 radical (unpaired) electrons. The number of hydrogen-bond donors (Lipinski definition) is 2. The number of pyridine rings is 1. The molecule has 1 fully saturated rings. The van der Waals surface area contributed by atoms with Gasteiger partial charge < -0.3 is 15.9 Å². The van der Waals surface area contributed by atoms with Crippen LogP contribution in [-0.4, -0.2) is 47.3 Å². The summed E-state index contributed by atoms with van der Waals surface area (Å²) in [5.74, 6) is 0.404. The van der Waals surface area contributed by atoms with Crippen LogP contribution in [0.4, 0.5) is 5.82 Å². The second-order valence-corrected chi connectivity index (χ2v) is 6.64. The van der Waals surface area contributed by atoms with Gasteiger partial charge >= 0.3 is 0 Å². The van der Waals surface area contributed by atoms with Crippen LogP contribution in [0.25, 0.3) is 10.9 Å². The second kappa shape index (κ2) is 7.84. The van der Waals surface area contributed by atoms with Crippen LogP contribution in [0, 0.1) is 0 Å². The first kappa shape index (κ1) is 17.7. The van der Waals surface area contributed by atoms with Crippen LogP contribution in [0.5, 0.6) is 0 Å². The average molecular weight is 345 g/mol. The van der Waals surface area contributed by atoms with Gasteiger partial charge in [-0.25, -0.2) is 4.98 Å². The summed E-state index contributed by atoms with van der Waals surface area (Å²) < 4.78 is 1.92. The highest BCUT2D eigenvalue weighted by atomic mass is 16.7. The number of carbonyl (C=O) groups excluding carboxylic acids is 1. The Labute approximate surface area is 148 Å². The van der Waals surface area contributed by atoms with Crippen molar-refractivity contribution in [2.45, 2.75) is 38.6 Å². The molecular formula is C18H27N5O2. The molecule has 7 nitrogen and oxygen atoms in total. The molecule has 1 amide bonds. The SMILES string of the molecule is CC(=O)Nc1cc2c(cn1)cc([C@H]1CCCN1C)n2OCCCCN. The topological polar surface area (TPSA) is 85.4 Å². The zero-order valence-corrected chi connectivity index (χ0v) is 15.0. The van der Waals surface area contributed by atoms with Gasteiger partial charge in [0, 0.05) is 24.6 Å². The molecule has 1 atom stereocenters. The fraction of sp³-hybridized carbons (Fsp3) is 0.556. The van der Waals surface area contributed by atoms with E-state index in [0.29, 0.717) is 25.0 Å². The largest absolute Gasteiger partial charge is 0.414 e. The standard InChI is InChI=1S/C18H27N5O2/c1-13(24)21-18-11-16-14(12-20-18)10-17(15-6-5-8-22(15)2)23(16)25-9-4-3-7-19/h10-12,15H,3-9,19H2,1-2H3,(H,20,21,24)/t15-/m1/s1. The van der Waals surface area contributed by atoms with E-state index in [1.807, 2.05) is 10.8 Å². The van der Waals surface area contributed by atoms with E-state index in [-0.39, 0.29) is 5.91 Å². The summed E-state index contributed by atoms with van der Waals surface area (Å²) in [6.07, 6.45) is 5.95. The third kappa shape index (κ3) is 3.93. The molecule has 3 N–H and O–H groups in total. The van der Waals surface area contributed by atoms with Gasteiger partial charge in [0.2, 0.25) is 5.91 Å². The van der Waals surface area contributed by atoms with Gasteiger partial charge in [-0.05, 0) is 51.9 Å². The summed E-state index contributed by atoms with van der Waals surface area (Å²) in [5.41, 5.74) is 7.65. The number of amides is 1. The van der Waals surface area contributed by atoms with Crippen molar-refractivity contribution in [3.63, 3.8) is 0 Å². The Balaban J connectivity index is 1.96. The smallest absolute Gasteiger partial charge is 0.222 e. The van der Waals surface area contributed by atoms with E-state index in [4.69, 9.17) is 10.6 Å². The monoisotopic (exact) mass is 345 g/mol. The van der Waals surface area contributed by atoms with Crippen molar-refractivity contribution in [2.24, 2.45) is 5.73 Å². The number of nitrogens with one attached hydrogen (secondary N) is 1. The molecule has 0 spiro atoms. The van der Waals surface area contributed by atoms with Crippen molar-refractivity contribution in [1.82, 2.24) is 14.6 Å². The summed E-state index contributed by atoms with van der Waals surface area (Å²) in [6, 6.07) is 4.36. The fourth-order valence-corrected chi connectivity index (χ4v) is 3.41. The summed E-state index contributed by atoms with van der Waals surface area (Å²) in [4.78, 5) is 24.1. The number of nitrogens with zero attached hydrogens (tertiary/aromatic N) is 3. The predicted octanol–water partition coefficient (Wildman–Crippen LogP) is 1.93. The fourth-order valence-electron chi connectivity index (χ4n) is 3.41. The number of anilines is 1. The number of likely N-dealkylation sites (tertiary alicyclic amines) is 1. The molecule has 0 saturated carbocycles. The van der Waals surface area contributed by atoms with Gasteiger partial charge in [0.1, 0.15) is 12.4 Å². The maximum Gasteiger partial charge on any atom is 0.222 e. The number of rotatable bonds is 7. The van der Waals surface area contributed by atoms with Crippen LogP contribution in [0.1, 0.15) is 44.3 Å². The lowest BCUT2D eigenvalue weighted by Gasteiger charge is -2.22. The lowest BCUT2D eigenvalue weighted by molar-refractivity contribution is -0.114. The minimum Gasteiger partial charge on any atom is -0.414 e. The Morgan fingerprint density at radius 3 is 2.96 bits per heavy atom. The van der Waals surface area contributed by atoms with Crippen molar-refractivity contribution in [1.29, 1.82) is 0 Å². The molecule has 7 heteroatoms. The van der Waals surface area contributed by atoms with Crippen molar-refractivity contribution in [2.75, 3.05) is 32.1 Å². The lowest BCUT2D eigenvalue weighted by atomic mass is 10.1. The minimum absolute atomic E-state index is 0.135. The van der Waals surface area contributed by atoms with Crippen LogP contribution in [0.3, 0.4) is 0 Å². The van der Waals surface area contributed by atoms with E-state index >= 15 is 0 Å². The second-order valence-electron chi connectivity index (χ2n) is 6.64. The van der Waals surface area contributed by atoms with Crippen molar-refractivity contribution < 1.29 is 9.63 Å². The first-order valence-electron chi connectivity index (χ1n) is 8.92. The van der Waals surface area contributed by atoms with E-state index in [0.717, 1.165) is 42.4 Å². The van der Waals surface area contributed by atoms with E-state index in [2.05, 4.69) is 28.3 Å². The maximum atomic E-state index is 11.3. The van der Waals surface area contributed by atoms with Crippen LogP contribution in [0.15, 0.2) is 18.3 Å². The summed E-state index contributed by atoms with van der Waals surface area (Å²) in [6.45, 7) is 3.86. The number of carbonyl (C=O) groups is 1. The molecule has 0 aromatic carbocycles. The van der Waals surface area contributed by atoms with E-state index in [1.165, 1.54) is 13.3 Å². The van der Waals surface area contributed by atoms with Gasteiger partial charge in [-0.1, -0.05) is 0 Å². The molecule has 3 heterocycles. The van der Waals surface area contributed by atoms with E-state index in [9.17, 15) is 4.79 Å². The van der Waals surface area contributed by atoms with Gasteiger partial charge in [-0.2, -0.15) is 4.73 Å². The minimum atomic E-state index is -0.135. The predicted molar refractivity (Wildman–Crippen MR) is 98.4 cm³/mol. The van der Waals surface area contributed by atoms with Crippen molar-refractivity contribution in [3.8, 4) is 0 Å². The number of nitrogens with two attached hydrogens (primary N) is 1. The van der Waals surface area contributed by atoms with Gasteiger partial charge in [0.05, 0.1) is 17.3 Å². The van der Waals surface area contributed by atoms with Crippen LogP contribution >= 0.6 is 0 Å². The first-order chi connectivity index (χ1) is 12.1. The van der Waals surface area contributed by atoms with Gasteiger partial charge in [-0.3, -0.25) is 9.69 Å². The normalized spacial score (nSPS) is 18.0. The highest BCUT2D eigenvalue weighted by Gasteiger charge is 2.27. The Morgan fingerprint density at radius 1 is 1.44 bits per heavy atom.